The molecule has 16 heavy (non-hydrogen) atoms. The number of anilines is 2. The average molecular weight is 246 g/mol. The Labute approximate surface area is 99.5 Å². The molecule has 0 aliphatic rings. The molecule has 1 aromatic rings. The van der Waals surface area contributed by atoms with Crippen LogP contribution in [0.2, 0.25) is 0 Å². The summed E-state index contributed by atoms with van der Waals surface area (Å²) in [4.78, 5) is 6.27. The first-order valence-electron chi connectivity index (χ1n) is 5.10. The van der Waals surface area contributed by atoms with Gasteiger partial charge in [-0.25, -0.2) is 0 Å². The van der Waals surface area contributed by atoms with E-state index >= 15 is 0 Å². The minimum atomic E-state index is 0.328. The molecule has 0 saturated carbocycles. The first-order chi connectivity index (χ1) is 7.77. The SMILES string of the molecule is COCCCN(CCOC)c1nc(N)ns1. The molecule has 92 valence electrons. The number of nitrogens with two attached hydrogens (primary N) is 1. The van der Waals surface area contributed by atoms with Crippen LogP contribution < -0.4 is 10.6 Å². The van der Waals surface area contributed by atoms with Crippen molar-refractivity contribution in [1.82, 2.24) is 9.36 Å². The van der Waals surface area contributed by atoms with Crippen LogP contribution in [0, 0.1) is 0 Å². The Kier molecular flexibility index (Phi) is 6.05. The van der Waals surface area contributed by atoms with E-state index in [1.807, 2.05) is 0 Å². The van der Waals surface area contributed by atoms with Crippen molar-refractivity contribution in [2.45, 2.75) is 6.42 Å². The van der Waals surface area contributed by atoms with Crippen LogP contribution in [0.5, 0.6) is 0 Å². The third kappa shape index (κ3) is 4.30. The Morgan fingerprint density at radius 3 is 2.56 bits per heavy atom. The fraction of sp³-hybridized carbons (Fsp3) is 0.778. The minimum Gasteiger partial charge on any atom is -0.385 e. The summed E-state index contributed by atoms with van der Waals surface area (Å²) in [5.74, 6) is 0.328. The van der Waals surface area contributed by atoms with Crippen LogP contribution in [0.25, 0.3) is 0 Å². The molecule has 0 saturated heterocycles. The Balaban J connectivity index is 2.49. The second kappa shape index (κ2) is 7.37. The molecule has 0 unspecified atom stereocenters. The van der Waals surface area contributed by atoms with E-state index in [0.29, 0.717) is 12.6 Å². The highest BCUT2D eigenvalue weighted by molar-refractivity contribution is 7.09. The van der Waals surface area contributed by atoms with Crippen molar-refractivity contribution in [3.05, 3.63) is 0 Å². The number of ether oxygens (including phenoxy) is 2. The molecule has 6 nitrogen and oxygen atoms in total. The fourth-order valence-electron chi connectivity index (χ4n) is 1.26. The van der Waals surface area contributed by atoms with Crippen LogP contribution in [0.1, 0.15) is 6.42 Å². The predicted molar refractivity (Wildman–Crippen MR) is 64.9 cm³/mol. The summed E-state index contributed by atoms with van der Waals surface area (Å²) in [5, 5.41) is 0.839. The maximum Gasteiger partial charge on any atom is 0.233 e. The highest BCUT2D eigenvalue weighted by Crippen LogP contribution is 2.18. The van der Waals surface area contributed by atoms with Gasteiger partial charge in [-0.05, 0) is 6.42 Å². The van der Waals surface area contributed by atoms with Gasteiger partial charge in [-0.3, -0.25) is 0 Å². The monoisotopic (exact) mass is 246 g/mol. The van der Waals surface area contributed by atoms with Crippen LogP contribution in [0.15, 0.2) is 0 Å². The zero-order chi connectivity index (χ0) is 11.8. The summed E-state index contributed by atoms with van der Waals surface area (Å²) in [6.45, 7) is 3.05. The molecule has 2 N–H and O–H groups in total. The van der Waals surface area contributed by atoms with Crippen LogP contribution in [0.4, 0.5) is 11.1 Å². The van der Waals surface area contributed by atoms with Gasteiger partial charge in [0.25, 0.3) is 0 Å². The lowest BCUT2D eigenvalue weighted by Gasteiger charge is -2.20. The normalized spacial score (nSPS) is 10.6. The minimum absolute atomic E-state index is 0.328. The van der Waals surface area contributed by atoms with Gasteiger partial charge in [0.1, 0.15) is 0 Å². The lowest BCUT2D eigenvalue weighted by Crippen LogP contribution is -2.28. The number of aromatic nitrogens is 2. The summed E-state index contributed by atoms with van der Waals surface area (Å²) in [5.41, 5.74) is 5.51. The van der Waals surface area contributed by atoms with Gasteiger partial charge in [0, 0.05) is 45.4 Å². The molecular formula is C9H18N4O2S. The summed E-state index contributed by atoms with van der Waals surface area (Å²) < 4.78 is 14.1. The fourth-order valence-corrected chi connectivity index (χ4v) is 1.91. The van der Waals surface area contributed by atoms with E-state index in [1.54, 1.807) is 14.2 Å². The molecule has 0 spiro atoms. The van der Waals surface area contributed by atoms with Gasteiger partial charge in [0.05, 0.1) is 6.61 Å². The van der Waals surface area contributed by atoms with E-state index in [4.69, 9.17) is 15.2 Å². The van der Waals surface area contributed by atoms with Crippen molar-refractivity contribution in [2.24, 2.45) is 0 Å². The molecule has 0 radical (unpaired) electrons. The third-order valence-electron chi connectivity index (χ3n) is 2.04. The Morgan fingerprint density at radius 2 is 2.00 bits per heavy atom. The first kappa shape index (κ1) is 13.1. The average Bonchev–Trinajstić information content (AvgIpc) is 2.70. The Bertz CT molecular complexity index is 295. The molecule has 0 atom stereocenters. The van der Waals surface area contributed by atoms with Crippen LogP contribution in [0.3, 0.4) is 0 Å². The maximum absolute atomic E-state index is 5.51. The quantitative estimate of drug-likeness (QED) is 0.677. The maximum atomic E-state index is 5.51. The van der Waals surface area contributed by atoms with Crippen LogP contribution in [-0.2, 0) is 9.47 Å². The summed E-state index contributed by atoms with van der Waals surface area (Å²) >= 11 is 1.31. The molecule has 7 heteroatoms. The largest absolute Gasteiger partial charge is 0.385 e. The van der Waals surface area contributed by atoms with Crippen molar-refractivity contribution in [3.8, 4) is 0 Å². The second-order valence-corrected chi connectivity index (χ2v) is 3.99. The van der Waals surface area contributed by atoms with E-state index in [2.05, 4.69) is 14.3 Å². The van der Waals surface area contributed by atoms with E-state index in [0.717, 1.165) is 31.2 Å². The highest BCUT2D eigenvalue weighted by Gasteiger charge is 2.10. The molecule has 1 heterocycles. The smallest absolute Gasteiger partial charge is 0.233 e. The number of nitrogens with zero attached hydrogens (tertiary/aromatic N) is 3. The highest BCUT2D eigenvalue weighted by atomic mass is 32.1. The number of hydrogen-bond donors (Lipinski definition) is 1. The van der Waals surface area contributed by atoms with Crippen LogP contribution >= 0.6 is 11.5 Å². The van der Waals surface area contributed by atoms with Gasteiger partial charge in [-0.1, -0.05) is 0 Å². The van der Waals surface area contributed by atoms with Crippen molar-refractivity contribution < 1.29 is 9.47 Å². The number of methoxy groups -OCH3 is 2. The van der Waals surface area contributed by atoms with E-state index in [-0.39, 0.29) is 0 Å². The summed E-state index contributed by atoms with van der Waals surface area (Å²) in [7, 11) is 3.38. The van der Waals surface area contributed by atoms with E-state index in [1.165, 1.54) is 11.5 Å². The van der Waals surface area contributed by atoms with Gasteiger partial charge in [0.15, 0.2) is 0 Å². The zero-order valence-electron chi connectivity index (χ0n) is 9.68. The second-order valence-electron chi connectivity index (χ2n) is 3.26. The van der Waals surface area contributed by atoms with Gasteiger partial charge in [0.2, 0.25) is 11.1 Å². The Morgan fingerprint density at radius 1 is 1.25 bits per heavy atom. The number of hydrogen-bond acceptors (Lipinski definition) is 7. The molecule has 0 aromatic carbocycles. The van der Waals surface area contributed by atoms with Gasteiger partial charge in [-0.15, -0.1) is 0 Å². The van der Waals surface area contributed by atoms with E-state index in [9.17, 15) is 0 Å². The molecule has 0 aliphatic heterocycles. The lowest BCUT2D eigenvalue weighted by molar-refractivity contribution is 0.191. The molecular weight excluding hydrogens is 228 g/mol. The summed E-state index contributed by atoms with van der Waals surface area (Å²) in [6, 6.07) is 0. The molecule has 1 aromatic heterocycles. The number of nitrogen functional groups attached to an aromatic ring is 1. The topological polar surface area (TPSA) is 73.5 Å². The van der Waals surface area contributed by atoms with Crippen molar-refractivity contribution in [2.75, 3.05) is 51.2 Å². The van der Waals surface area contributed by atoms with Crippen molar-refractivity contribution in [1.29, 1.82) is 0 Å². The van der Waals surface area contributed by atoms with Crippen LogP contribution in [-0.4, -0.2) is 49.9 Å². The first-order valence-corrected chi connectivity index (χ1v) is 5.87. The molecule has 1 rings (SSSR count). The van der Waals surface area contributed by atoms with E-state index < -0.39 is 0 Å². The van der Waals surface area contributed by atoms with Gasteiger partial charge in [-0.2, -0.15) is 9.36 Å². The lowest BCUT2D eigenvalue weighted by atomic mass is 10.4. The molecule has 0 fully saturated rings. The van der Waals surface area contributed by atoms with Crippen molar-refractivity contribution in [3.63, 3.8) is 0 Å². The summed E-state index contributed by atoms with van der Waals surface area (Å²) in [6.07, 6.45) is 0.944. The molecule has 0 amide bonds. The molecule has 0 bridgehead atoms. The number of rotatable bonds is 8. The Hall–Kier alpha value is -0.920. The standard InChI is InChI=1S/C9H18N4O2S/c1-14-6-3-4-13(5-7-15-2)9-11-8(10)12-16-9/h3-7H2,1-2H3,(H2,10,12). The van der Waals surface area contributed by atoms with Gasteiger partial charge < -0.3 is 20.1 Å². The zero-order valence-corrected chi connectivity index (χ0v) is 10.5. The molecule has 0 aliphatic carbocycles. The third-order valence-corrected chi connectivity index (χ3v) is 2.83. The van der Waals surface area contributed by atoms with Gasteiger partial charge >= 0.3 is 0 Å². The van der Waals surface area contributed by atoms with Crippen molar-refractivity contribution >= 4 is 22.6 Å². The predicted octanol–water partition coefficient (Wildman–Crippen LogP) is 0.610.